The van der Waals surface area contributed by atoms with Gasteiger partial charge in [0.1, 0.15) is 18.0 Å². The van der Waals surface area contributed by atoms with Crippen LogP contribution >= 0.6 is 0 Å². The van der Waals surface area contributed by atoms with Crippen LogP contribution in [-0.4, -0.2) is 57.4 Å². The minimum absolute atomic E-state index is 0.00681. The molecule has 0 unspecified atom stereocenters. The van der Waals surface area contributed by atoms with Crippen molar-refractivity contribution < 1.29 is 9.53 Å². The van der Waals surface area contributed by atoms with Gasteiger partial charge in [-0.3, -0.25) is 19.6 Å². The fraction of sp³-hybridized carbons (Fsp3) is 0.233. The second-order valence-electron chi connectivity index (χ2n) is 9.62. The second-order valence-corrected chi connectivity index (χ2v) is 9.62. The van der Waals surface area contributed by atoms with E-state index in [0.29, 0.717) is 43.2 Å². The molecule has 10 nitrogen and oxygen atoms in total. The van der Waals surface area contributed by atoms with Gasteiger partial charge in [-0.05, 0) is 48.6 Å². The number of carbonyl (C=O) groups excluding carboxylic acids is 1. The topological polar surface area (TPSA) is 139 Å². The number of nitrogens with one attached hydrogen (secondary N) is 2. The van der Waals surface area contributed by atoms with Gasteiger partial charge in [-0.25, -0.2) is 9.97 Å². The van der Waals surface area contributed by atoms with Crippen LogP contribution in [0.15, 0.2) is 71.8 Å². The first-order valence-electron chi connectivity index (χ1n) is 13.0. The number of carbonyl (C=O) groups is 1. The van der Waals surface area contributed by atoms with Crippen molar-refractivity contribution in [1.82, 2.24) is 19.4 Å². The monoisotopic (exact) mass is 537 g/mol. The van der Waals surface area contributed by atoms with E-state index in [-0.39, 0.29) is 35.1 Å². The van der Waals surface area contributed by atoms with Gasteiger partial charge in [0.25, 0.3) is 5.56 Å². The molecule has 0 aliphatic carbocycles. The number of anilines is 2. The largest absolute Gasteiger partial charge is 0.383 e. The van der Waals surface area contributed by atoms with Crippen LogP contribution in [0, 0.1) is 19.3 Å². The minimum Gasteiger partial charge on any atom is -0.383 e. The summed E-state index contributed by atoms with van der Waals surface area (Å²) >= 11 is 0. The van der Waals surface area contributed by atoms with E-state index < -0.39 is 0 Å². The number of pyridine rings is 1. The minimum atomic E-state index is -0.202. The lowest BCUT2D eigenvalue weighted by atomic mass is 10.1. The molecule has 1 saturated heterocycles. The summed E-state index contributed by atoms with van der Waals surface area (Å²) in [6.07, 6.45) is 4.07. The molecular formula is C30H31N7O3. The zero-order valence-corrected chi connectivity index (χ0v) is 22.5. The Balaban J connectivity index is 1.49. The highest BCUT2D eigenvalue weighted by Crippen LogP contribution is 2.23. The van der Waals surface area contributed by atoms with Crippen molar-refractivity contribution in [2.45, 2.75) is 20.4 Å². The summed E-state index contributed by atoms with van der Waals surface area (Å²) in [5, 5.41) is 13.4. The lowest BCUT2D eigenvalue weighted by molar-refractivity contribution is -0.129. The molecule has 1 fully saturated rings. The summed E-state index contributed by atoms with van der Waals surface area (Å²) < 4.78 is 7.01. The van der Waals surface area contributed by atoms with Crippen LogP contribution in [0.3, 0.4) is 0 Å². The van der Waals surface area contributed by atoms with Gasteiger partial charge in [0, 0.05) is 24.9 Å². The number of rotatable bonds is 7. The third-order valence-electron chi connectivity index (χ3n) is 6.99. The van der Waals surface area contributed by atoms with E-state index in [2.05, 4.69) is 15.3 Å². The van der Waals surface area contributed by atoms with Crippen molar-refractivity contribution in [2.75, 3.05) is 37.4 Å². The molecule has 204 valence electrons. The Morgan fingerprint density at radius 2 is 1.82 bits per heavy atom. The number of hydrogen-bond acceptors (Lipinski definition) is 8. The van der Waals surface area contributed by atoms with Crippen LogP contribution in [0.4, 0.5) is 11.6 Å². The summed E-state index contributed by atoms with van der Waals surface area (Å²) in [6.45, 7) is 6.12. The number of nitrogens with two attached hydrogens (primary N) is 1. The quantitative estimate of drug-likeness (QED) is 0.243. The Bertz CT molecular complexity index is 1690. The van der Waals surface area contributed by atoms with E-state index >= 15 is 0 Å². The number of nitrogens with zero attached hydrogens (tertiary/aromatic N) is 4. The number of amides is 1. The molecule has 2 aromatic carbocycles. The molecule has 4 aromatic rings. The predicted octanol–water partition coefficient (Wildman–Crippen LogP) is 3.37. The number of benzene rings is 2. The van der Waals surface area contributed by atoms with Crippen molar-refractivity contribution in [3.8, 4) is 5.69 Å². The number of hydrogen-bond donors (Lipinski definition) is 3. The average Bonchev–Trinajstić information content (AvgIpc) is 2.95. The molecule has 4 N–H and O–H groups in total. The highest BCUT2D eigenvalue weighted by molar-refractivity contribution is 6.14. The maximum atomic E-state index is 13.8. The summed E-state index contributed by atoms with van der Waals surface area (Å²) in [5.74, 6) is 0.234. The van der Waals surface area contributed by atoms with Crippen LogP contribution in [0.1, 0.15) is 22.4 Å². The Hall–Kier alpha value is -4.83. The zero-order valence-electron chi connectivity index (χ0n) is 22.5. The summed E-state index contributed by atoms with van der Waals surface area (Å²) in [5.41, 5.74) is 9.68. The number of ether oxygens (including phenoxy) is 1. The molecule has 10 heteroatoms. The normalized spacial score (nSPS) is 13.6. The van der Waals surface area contributed by atoms with E-state index in [4.69, 9.17) is 15.9 Å². The number of fused-ring (bicyclic) bond motifs is 1. The van der Waals surface area contributed by atoms with Crippen LogP contribution in [-0.2, 0) is 16.1 Å². The molecule has 1 aliphatic heterocycles. The lowest BCUT2D eigenvalue weighted by Gasteiger charge is -2.25. The summed E-state index contributed by atoms with van der Waals surface area (Å²) in [6, 6.07) is 15.5. The van der Waals surface area contributed by atoms with Crippen molar-refractivity contribution >= 4 is 34.0 Å². The van der Waals surface area contributed by atoms with Crippen LogP contribution in [0.2, 0.25) is 0 Å². The van der Waals surface area contributed by atoms with Crippen LogP contribution < -0.4 is 16.6 Å². The molecule has 1 aliphatic rings. The maximum absolute atomic E-state index is 13.8. The number of aromatic nitrogens is 3. The maximum Gasteiger partial charge on any atom is 0.263 e. The fourth-order valence-electron chi connectivity index (χ4n) is 4.90. The number of allylic oxidation sites excluding steroid dienone is 1. The van der Waals surface area contributed by atoms with Gasteiger partial charge in [-0.1, -0.05) is 36.4 Å². The number of para-hydroxylation sites is 1. The van der Waals surface area contributed by atoms with Crippen LogP contribution in [0.5, 0.6) is 0 Å². The zero-order chi connectivity index (χ0) is 28.2. The van der Waals surface area contributed by atoms with E-state index in [1.165, 1.54) is 18.5 Å². The molecule has 0 saturated carbocycles. The highest BCUT2D eigenvalue weighted by Gasteiger charge is 2.18. The Labute approximate surface area is 231 Å². The second kappa shape index (κ2) is 11.5. The van der Waals surface area contributed by atoms with E-state index in [1.807, 2.05) is 62.4 Å². The molecule has 0 spiro atoms. The van der Waals surface area contributed by atoms with Crippen molar-refractivity contribution in [2.24, 2.45) is 0 Å². The lowest BCUT2D eigenvalue weighted by Crippen LogP contribution is -2.39. The molecule has 3 heterocycles. The first-order chi connectivity index (χ1) is 19.3. The van der Waals surface area contributed by atoms with E-state index in [1.54, 1.807) is 9.47 Å². The van der Waals surface area contributed by atoms with Gasteiger partial charge in [0.2, 0.25) is 5.91 Å². The SMILES string of the molecule is Cc1ccccc1-n1c(CNc2ncnc(N)c2C(=N)/C=C/C(=O)N2CCOCC2)cc2cccc(C)c2c1=O. The first kappa shape index (κ1) is 26.8. The smallest absolute Gasteiger partial charge is 0.263 e. The first-order valence-corrected chi connectivity index (χ1v) is 13.0. The molecule has 0 atom stereocenters. The number of nitrogen functional groups attached to an aromatic ring is 1. The molecular weight excluding hydrogens is 506 g/mol. The Kier molecular flexibility index (Phi) is 7.70. The fourth-order valence-corrected chi connectivity index (χ4v) is 4.90. The van der Waals surface area contributed by atoms with Crippen LogP contribution in [0.25, 0.3) is 16.5 Å². The van der Waals surface area contributed by atoms with Gasteiger partial charge < -0.3 is 20.7 Å². The summed E-state index contributed by atoms with van der Waals surface area (Å²) in [7, 11) is 0. The molecule has 0 bridgehead atoms. The number of morpholine rings is 1. The van der Waals surface area contributed by atoms with Gasteiger partial charge in [0.15, 0.2) is 0 Å². The average molecular weight is 538 g/mol. The molecule has 0 radical (unpaired) electrons. The molecule has 1 amide bonds. The van der Waals surface area contributed by atoms with Gasteiger partial charge >= 0.3 is 0 Å². The van der Waals surface area contributed by atoms with E-state index in [0.717, 1.165) is 22.2 Å². The number of aryl methyl sites for hydroxylation is 2. The van der Waals surface area contributed by atoms with Gasteiger partial charge in [-0.15, -0.1) is 0 Å². The van der Waals surface area contributed by atoms with Gasteiger partial charge in [0.05, 0.1) is 42.1 Å². The molecule has 2 aromatic heterocycles. The molecule has 5 rings (SSSR count). The Morgan fingerprint density at radius 1 is 1.07 bits per heavy atom. The van der Waals surface area contributed by atoms with Crippen molar-refractivity contribution in [3.05, 3.63) is 99.7 Å². The highest BCUT2D eigenvalue weighted by atomic mass is 16.5. The third-order valence-corrected chi connectivity index (χ3v) is 6.99. The van der Waals surface area contributed by atoms with Gasteiger partial charge in [-0.2, -0.15) is 0 Å². The Morgan fingerprint density at radius 3 is 2.60 bits per heavy atom. The predicted molar refractivity (Wildman–Crippen MR) is 156 cm³/mol. The third kappa shape index (κ3) is 5.34. The standard InChI is InChI=1S/C30H31N7O3/c1-19-6-3-4-9-24(19)37-22(16-21-8-5-7-20(2)26(21)30(37)39)17-33-29-27(28(32)34-18-35-29)23(31)10-11-25(38)36-12-14-40-15-13-36/h3-11,16,18,31H,12-15,17H2,1-2H3,(H3,32,33,34,35)/b11-10+,31-23?. The van der Waals surface area contributed by atoms with Crippen molar-refractivity contribution in [1.29, 1.82) is 5.41 Å². The van der Waals surface area contributed by atoms with E-state index in [9.17, 15) is 9.59 Å². The summed E-state index contributed by atoms with van der Waals surface area (Å²) in [4.78, 5) is 36.5. The van der Waals surface area contributed by atoms with Crippen molar-refractivity contribution in [3.63, 3.8) is 0 Å². The molecule has 40 heavy (non-hydrogen) atoms.